The van der Waals surface area contributed by atoms with Crippen molar-refractivity contribution in [1.82, 2.24) is 20.2 Å². The van der Waals surface area contributed by atoms with E-state index in [-0.39, 0.29) is 24.6 Å². The molecule has 0 spiro atoms. The van der Waals surface area contributed by atoms with Gasteiger partial charge in [-0.3, -0.25) is 9.35 Å². The molecule has 0 saturated carbocycles. The van der Waals surface area contributed by atoms with Gasteiger partial charge in [-0.25, -0.2) is 9.59 Å². The zero-order chi connectivity index (χ0) is 22.3. The maximum Gasteiger partial charge on any atom is 0.418 e. The van der Waals surface area contributed by atoms with Crippen LogP contribution >= 0.6 is 0 Å². The summed E-state index contributed by atoms with van der Waals surface area (Å²) in [5, 5.41) is 3.54. The molecule has 0 aromatic heterocycles. The van der Waals surface area contributed by atoms with Gasteiger partial charge in [-0.05, 0) is 46.5 Å². The van der Waals surface area contributed by atoms with E-state index in [1.165, 1.54) is 4.90 Å². The summed E-state index contributed by atoms with van der Waals surface area (Å²) in [6, 6.07) is -2.19. The van der Waals surface area contributed by atoms with E-state index in [1.54, 1.807) is 25.7 Å². The number of hydrogen-bond acceptors (Lipinski definition) is 7. The predicted molar refractivity (Wildman–Crippen MR) is 102 cm³/mol. The Morgan fingerprint density at radius 3 is 2.33 bits per heavy atom. The number of rotatable bonds is 4. The summed E-state index contributed by atoms with van der Waals surface area (Å²) < 4.78 is 40.5. The highest BCUT2D eigenvalue weighted by Crippen LogP contribution is 2.31. The molecule has 3 aliphatic heterocycles. The summed E-state index contributed by atoms with van der Waals surface area (Å²) in [6.07, 6.45) is 1.46. The van der Waals surface area contributed by atoms with Crippen LogP contribution in [-0.2, 0) is 24.2 Å². The molecule has 3 saturated heterocycles. The van der Waals surface area contributed by atoms with Gasteiger partial charge in [0.05, 0.1) is 6.04 Å². The van der Waals surface area contributed by atoms with Crippen LogP contribution < -0.4 is 5.32 Å². The highest BCUT2D eigenvalue weighted by atomic mass is 32.3. The largest absolute Gasteiger partial charge is 0.444 e. The molecule has 0 aromatic rings. The smallest absolute Gasteiger partial charge is 0.418 e. The summed E-state index contributed by atoms with van der Waals surface area (Å²) in [5.41, 5.74) is -0.573. The zero-order valence-electron chi connectivity index (χ0n) is 17.2. The second-order valence-electron chi connectivity index (χ2n) is 8.76. The van der Waals surface area contributed by atoms with Gasteiger partial charge in [0.15, 0.2) is 0 Å². The quantitative estimate of drug-likeness (QED) is 0.592. The van der Waals surface area contributed by atoms with Crippen LogP contribution in [0.5, 0.6) is 0 Å². The molecule has 0 radical (unpaired) electrons. The number of urea groups is 1. The Morgan fingerprint density at radius 1 is 1.13 bits per heavy atom. The number of ether oxygens (including phenoxy) is 1. The maximum atomic E-state index is 12.8. The SMILES string of the molecule is CC(C)(C)OC(=O)N1CCC(NC(=O)[C@H]2CC[C@@H]3CN2C(=O)N3OS(=O)(=O)O)CC1. The van der Waals surface area contributed by atoms with Gasteiger partial charge < -0.3 is 19.9 Å². The van der Waals surface area contributed by atoms with E-state index in [2.05, 4.69) is 9.60 Å². The molecule has 13 heteroatoms. The molecule has 2 atom stereocenters. The Hall–Kier alpha value is -2.12. The third-order valence-electron chi connectivity index (χ3n) is 5.29. The molecule has 3 fully saturated rings. The van der Waals surface area contributed by atoms with Crippen molar-refractivity contribution in [2.24, 2.45) is 0 Å². The van der Waals surface area contributed by atoms with Crippen molar-refractivity contribution in [3.63, 3.8) is 0 Å². The second kappa shape index (κ2) is 8.19. The fraction of sp³-hybridized carbons (Fsp3) is 0.824. The maximum absolute atomic E-state index is 12.8. The first-order chi connectivity index (χ1) is 13.8. The van der Waals surface area contributed by atoms with Crippen LogP contribution in [-0.4, -0.2) is 89.2 Å². The zero-order valence-corrected chi connectivity index (χ0v) is 18.1. The number of hydroxylamine groups is 2. The van der Waals surface area contributed by atoms with E-state index in [1.807, 2.05) is 0 Å². The van der Waals surface area contributed by atoms with Crippen molar-refractivity contribution in [1.29, 1.82) is 0 Å². The number of nitrogens with zero attached hydrogens (tertiary/aromatic N) is 3. The monoisotopic (exact) mass is 448 g/mol. The summed E-state index contributed by atoms with van der Waals surface area (Å²) in [7, 11) is -4.83. The lowest BCUT2D eigenvalue weighted by atomic mass is 9.99. The molecule has 0 unspecified atom stereocenters. The lowest BCUT2D eigenvalue weighted by Crippen LogP contribution is -2.54. The summed E-state index contributed by atoms with van der Waals surface area (Å²) in [6.45, 7) is 6.44. The van der Waals surface area contributed by atoms with Crippen molar-refractivity contribution < 1.29 is 36.4 Å². The Kier molecular flexibility index (Phi) is 6.16. The lowest BCUT2D eigenvalue weighted by molar-refractivity contribution is -0.127. The van der Waals surface area contributed by atoms with Gasteiger partial charge in [0.1, 0.15) is 11.6 Å². The molecule has 4 amide bonds. The molecule has 30 heavy (non-hydrogen) atoms. The Labute approximate surface area is 175 Å². The molecular formula is C17H28N4O8S. The van der Waals surface area contributed by atoms with Gasteiger partial charge >= 0.3 is 22.5 Å². The fourth-order valence-electron chi connectivity index (χ4n) is 3.93. The van der Waals surface area contributed by atoms with Crippen molar-refractivity contribution in [3.05, 3.63) is 0 Å². The van der Waals surface area contributed by atoms with E-state index >= 15 is 0 Å². The van der Waals surface area contributed by atoms with Crippen molar-refractivity contribution >= 4 is 28.4 Å². The standard InChI is InChI=1S/C17H28N4O8S/c1-17(2,3)28-16(24)19-8-6-11(7-9-19)18-14(22)13-5-4-12-10-20(13)15(23)21(12)29-30(25,26)27/h11-13H,4-10H2,1-3H3,(H,18,22)(H,25,26,27)/t12-,13-/m1/s1. The molecule has 3 aliphatic rings. The number of carbonyl (C=O) groups is 3. The topological polar surface area (TPSA) is 146 Å². The number of carbonyl (C=O) groups excluding carboxylic acids is 3. The number of piperidine rings is 2. The number of amides is 4. The Morgan fingerprint density at radius 2 is 1.77 bits per heavy atom. The van der Waals surface area contributed by atoms with Gasteiger partial charge in [0.25, 0.3) is 0 Å². The lowest BCUT2D eigenvalue weighted by Gasteiger charge is -2.35. The molecule has 2 N–H and O–H groups in total. The molecule has 12 nitrogen and oxygen atoms in total. The van der Waals surface area contributed by atoms with Crippen LogP contribution in [0.2, 0.25) is 0 Å². The van der Waals surface area contributed by atoms with Crippen molar-refractivity contribution in [2.45, 2.75) is 70.2 Å². The second-order valence-corrected chi connectivity index (χ2v) is 9.76. The van der Waals surface area contributed by atoms with Crippen LogP contribution in [0.25, 0.3) is 0 Å². The molecule has 3 heterocycles. The van der Waals surface area contributed by atoms with Crippen LogP contribution in [0, 0.1) is 0 Å². The minimum Gasteiger partial charge on any atom is -0.444 e. The van der Waals surface area contributed by atoms with Crippen LogP contribution in [0.3, 0.4) is 0 Å². The normalized spacial score (nSPS) is 25.5. The van der Waals surface area contributed by atoms with Gasteiger partial charge in [-0.2, -0.15) is 13.5 Å². The number of nitrogens with one attached hydrogen (secondary N) is 1. The van der Waals surface area contributed by atoms with Crippen molar-refractivity contribution in [3.8, 4) is 0 Å². The first-order valence-corrected chi connectivity index (χ1v) is 11.3. The summed E-state index contributed by atoms with van der Waals surface area (Å²) in [5.74, 6) is -0.328. The average Bonchev–Trinajstić information content (AvgIpc) is 2.84. The fourth-order valence-corrected chi connectivity index (χ4v) is 4.32. The van der Waals surface area contributed by atoms with Crippen LogP contribution in [0.1, 0.15) is 46.5 Å². The van der Waals surface area contributed by atoms with E-state index < -0.39 is 34.1 Å². The van der Waals surface area contributed by atoms with Crippen LogP contribution in [0.15, 0.2) is 0 Å². The summed E-state index contributed by atoms with van der Waals surface area (Å²) >= 11 is 0. The Balaban J connectivity index is 1.52. The molecule has 170 valence electrons. The van der Waals surface area contributed by atoms with E-state index in [0.29, 0.717) is 43.8 Å². The van der Waals surface area contributed by atoms with Gasteiger partial charge in [0, 0.05) is 25.7 Å². The van der Waals surface area contributed by atoms with Crippen molar-refractivity contribution in [2.75, 3.05) is 19.6 Å². The van der Waals surface area contributed by atoms with Gasteiger partial charge in [-0.1, -0.05) is 0 Å². The van der Waals surface area contributed by atoms with Gasteiger partial charge in [-0.15, -0.1) is 4.28 Å². The number of hydrogen-bond donors (Lipinski definition) is 2. The highest BCUT2D eigenvalue weighted by molar-refractivity contribution is 7.80. The third-order valence-corrected chi connectivity index (χ3v) is 5.64. The van der Waals surface area contributed by atoms with Gasteiger partial charge in [0.2, 0.25) is 5.91 Å². The molecule has 0 aromatic carbocycles. The molecule has 3 rings (SSSR count). The van der Waals surface area contributed by atoms with E-state index in [4.69, 9.17) is 9.29 Å². The molecule has 2 bridgehead atoms. The minimum atomic E-state index is -4.83. The predicted octanol–water partition coefficient (Wildman–Crippen LogP) is 0.505. The first kappa shape index (κ1) is 22.6. The molecular weight excluding hydrogens is 420 g/mol. The van der Waals surface area contributed by atoms with E-state index in [0.717, 1.165) is 0 Å². The van der Waals surface area contributed by atoms with Crippen LogP contribution in [0.4, 0.5) is 9.59 Å². The first-order valence-electron chi connectivity index (χ1n) is 9.89. The number of fused-ring (bicyclic) bond motifs is 2. The third kappa shape index (κ3) is 5.32. The highest BCUT2D eigenvalue weighted by Gasteiger charge is 2.49. The Bertz CT molecular complexity index is 803. The van der Waals surface area contributed by atoms with E-state index in [9.17, 15) is 22.8 Å². The molecule has 0 aliphatic carbocycles. The number of likely N-dealkylation sites (tertiary alicyclic amines) is 1. The summed E-state index contributed by atoms with van der Waals surface area (Å²) in [4.78, 5) is 40.2. The minimum absolute atomic E-state index is 0.142. The average molecular weight is 448 g/mol.